The van der Waals surface area contributed by atoms with E-state index in [0.717, 1.165) is 5.56 Å². The fraction of sp³-hybridized carbons (Fsp3) is 0.467. The zero-order valence-corrected chi connectivity index (χ0v) is 13.9. The number of benzene rings is 1. The summed E-state index contributed by atoms with van der Waals surface area (Å²) >= 11 is 5.84. The molecule has 0 saturated carbocycles. The van der Waals surface area contributed by atoms with Crippen molar-refractivity contribution < 1.29 is 14.7 Å². The molecule has 0 aromatic heterocycles. The smallest absolute Gasteiger partial charge is 0.320 e. The average Bonchev–Trinajstić information content (AvgIpc) is 2.44. The van der Waals surface area contributed by atoms with Gasteiger partial charge in [0.15, 0.2) is 0 Å². The van der Waals surface area contributed by atoms with Crippen LogP contribution in [0.25, 0.3) is 0 Å². The molecule has 122 valence electrons. The van der Waals surface area contributed by atoms with E-state index in [9.17, 15) is 9.59 Å². The predicted octanol–water partition coefficient (Wildman–Crippen LogP) is 2.27. The number of aliphatic carboxylic acids is 1. The molecule has 1 unspecified atom stereocenters. The highest BCUT2D eigenvalue weighted by Gasteiger charge is 2.31. The molecule has 0 aliphatic carbocycles. The van der Waals surface area contributed by atoms with E-state index in [2.05, 4.69) is 0 Å². The van der Waals surface area contributed by atoms with Crippen LogP contribution >= 0.6 is 24.0 Å². The monoisotopic (exact) mass is 346 g/mol. The lowest BCUT2D eigenvalue weighted by atomic mass is 10.1. The Morgan fingerprint density at radius 3 is 2.45 bits per heavy atom. The number of carboxylic acid groups (broad SMARTS) is 1. The molecule has 1 saturated heterocycles. The van der Waals surface area contributed by atoms with Gasteiger partial charge < -0.3 is 10.0 Å². The number of carbonyl (C=O) groups excluding carboxylic acids is 1. The second-order valence-corrected chi connectivity index (χ2v) is 5.61. The molecule has 1 heterocycles. The zero-order chi connectivity index (χ0) is 15.4. The lowest BCUT2D eigenvalue weighted by Gasteiger charge is -2.37. The van der Waals surface area contributed by atoms with E-state index in [1.165, 1.54) is 0 Å². The fourth-order valence-corrected chi connectivity index (χ4v) is 2.69. The maximum absolute atomic E-state index is 12.2. The number of hydrogen-bond acceptors (Lipinski definition) is 3. The molecular formula is C15H20Cl2N2O3. The van der Waals surface area contributed by atoms with E-state index in [0.29, 0.717) is 31.1 Å². The molecule has 2 rings (SSSR count). The van der Waals surface area contributed by atoms with Gasteiger partial charge in [0.2, 0.25) is 5.91 Å². The van der Waals surface area contributed by atoms with Crippen LogP contribution < -0.4 is 0 Å². The molecule has 1 aromatic carbocycles. The number of carboxylic acids is 1. The summed E-state index contributed by atoms with van der Waals surface area (Å²) < 4.78 is 0. The van der Waals surface area contributed by atoms with Gasteiger partial charge in [0.25, 0.3) is 0 Å². The number of rotatable bonds is 5. The third kappa shape index (κ3) is 4.60. The summed E-state index contributed by atoms with van der Waals surface area (Å²) in [5, 5.41) is 9.83. The van der Waals surface area contributed by atoms with Gasteiger partial charge >= 0.3 is 5.97 Å². The van der Waals surface area contributed by atoms with Gasteiger partial charge in [-0.15, -0.1) is 12.4 Å². The number of nitrogens with zero attached hydrogens (tertiary/aromatic N) is 2. The highest BCUT2D eigenvalue weighted by Crippen LogP contribution is 2.15. The van der Waals surface area contributed by atoms with E-state index in [1.807, 2.05) is 19.1 Å². The molecule has 5 nitrogen and oxygen atoms in total. The molecule has 7 heteroatoms. The molecule has 1 aliphatic rings. The van der Waals surface area contributed by atoms with Crippen molar-refractivity contribution in [3.05, 3.63) is 34.9 Å². The van der Waals surface area contributed by atoms with Crippen LogP contribution in [-0.4, -0.2) is 52.5 Å². The zero-order valence-electron chi connectivity index (χ0n) is 12.4. The lowest BCUT2D eigenvalue weighted by molar-refractivity contribution is -0.147. The molecule has 0 radical (unpaired) electrons. The molecule has 0 spiro atoms. The normalized spacial score (nSPS) is 17.0. The minimum atomic E-state index is -0.864. The number of hydrogen-bond donors (Lipinski definition) is 1. The summed E-state index contributed by atoms with van der Waals surface area (Å²) in [5.74, 6) is -0.896. The third-order valence-electron chi connectivity index (χ3n) is 3.75. The molecule has 1 atom stereocenters. The van der Waals surface area contributed by atoms with Crippen molar-refractivity contribution in [1.29, 1.82) is 0 Å². The number of piperazine rings is 1. The molecule has 1 aliphatic heterocycles. The second kappa shape index (κ2) is 8.36. The Bertz CT molecular complexity index is 522. The number of amides is 1. The Morgan fingerprint density at radius 1 is 1.32 bits per heavy atom. The lowest BCUT2D eigenvalue weighted by Crippen LogP contribution is -2.54. The Kier molecular flexibility index (Phi) is 7.13. The molecule has 22 heavy (non-hydrogen) atoms. The molecule has 1 amide bonds. The van der Waals surface area contributed by atoms with E-state index in [-0.39, 0.29) is 24.9 Å². The number of carbonyl (C=O) groups is 2. The van der Waals surface area contributed by atoms with Gasteiger partial charge in [0.1, 0.15) is 6.04 Å². The van der Waals surface area contributed by atoms with Gasteiger partial charge in [0.05, 0.1) is 6.54 Å². The van der Waals surface area contributed by atoms with Gasteiger partial charge in [-0.25, -0.2) is 0 Å². The first-order valence-electron chi connectivity index (χ1n) is 7.00. The van der Waals surface area contributed by atoms with Crippen molar-refractivity contribution in [2.75, 3.05) is 19.6 Å². The van der Waals surface area contributed by atoms with Crippen LogP contribution in [0.2, 0.25) is 5.02 Å². The van der Waals surface area contributed by atoms with E-state index < -0.39 is 12.0 Å². The predicted molar refractivity (Wildman–Crippen MR) is 87.4 cm³/mol. The number of halogens is 2. The maximum Gasteiger partial charge on any atom is 0.320 e. The van der Waals surface area contributed by atoms with Crippen molar-refractivity contribution >= 4 is 35.9 Å². The Morgan fingerprint density at radius 2 is 1.95 bits per heavy atom. The molecule has 0 bridgehead atoms. The van der Waals surface area contributed by atoms with E-state index >= 15 is 0 Å². The van der Waals surface area contributed by atoms with Crippen LogP contribution in [0.15, 0.2) is 24.3 Å². The molecule has 1 aromatic rings. The van der Waals surface area contributed by atoms with Gasteiger partial charge in [-0.2, -0.15) is 0 Å². The third-order valence-corrected chi connectivity index (χ3v) is 4.00. The first-order chi connectivity index (χ1) is 10.0. The fourth-order valence-electron chi connectivity index (χ4n) is 2.56. The topological polar surface area (TPSA) is 60.9 Å². The van der Waals surface area contributed by atoms with Crippen LogP contribution in [0.4, 0.5) is 0 Å². The van der Waals surface area contributed by atoms with Crippen molar-refractivity contribution in [2.45, 2.75) is 25.9 Å². The summed E-state index contributed by atoms with van der Waals surface area (Å²) in [4.78, 5) is 26.8. The summed E-state index contributed by atoms with van der Waals surface area (Å²) in [5.41, 5.74) is 1.02. The van der Waals surface area contributed by atoms with Gasteiger partial charge in [-0.1, -0.05) is 30.7 Å². The highest BCUT2D eigenvalue weighted by atomic mass is 35.5. The quantitative estimate of drug-likeness (QED) is 0.888. The van der Waals surface area contributed by atoms with Crippen molar-refractivity contribution in [2.24, 2.45) is 0 Å². The molecule has 1 fully saturated rings. The summed E-state index contributed by atoms with van der Waals surface area (Å²) in [6, 6.07) is 6.82. The largest absolute Gasteiger partial charge is 0.480 e. The summed E-state index contributed by atoms with van der Waals surface area (Å²) in [7, 11) is 0. The van der Waals surface area contributed by atoms with Crippen molar-refractivity contribution in [1.82, 2.24) is 9.80 Å². The van der Waals surface area contributed by atoms with E-state index in [1.54, 1.807) is 21.9 Å². The first kappa shape index (κ1) is 18.7. The SMILES string of the molecule is CCC(C(=O)O)N1CCN(Cc2ccc(Cl)cc2)C(=O)C1.Cl. The first-order valence-corrected chi connectivity index (χ1v) is 7.38. The minimum absolute atomic E-state index is 0. The van der Waals surface area contributed by atoms with Crippen molar-refractivity contribution in [3.63, 3.8) is 0 Å². The summed E-state index contributed by atoms with van der Waals surface area (Å²) in [6.07, 6.45) is 0.500. The van der Waals surface area contributed by atoms with E-state index in [4.69, 9.17) is 16.7 Å². The Labute approximate surface area is 141 Å². The minimum Gasteiger partial charge on any atom is -0.480 e. The van der Waals surface area contributed by atoms with Crippen LogP contribution in [-0.2, 0) is 16.1 Å². The second-order valence-electron chi connectivity index (χ2n) is 5.17. The van der Waals surface area contributed by atoms with Crippen LogP contribution in [0, 0.1) is 0 Å². The molecule has 1 N–H and O–H groups in total. The van der Waals surface area contributed by atoms with Crippen LogP contribution in [0.1, 0.15) is 18.9 Å². The maximum atomic E-state index is 12.2. The van der Waals surface area contributed by atoms with Gasteiger partial charge in [-0.05, 0) is 24.1 Å². The molecular weight excluding hydrogens is 327 g/mol. The summed E-state index contributed by atoms with van der Waals surface area (Å²) in [6.45, 7) is 3.66. The average molecular weight is 347 g/mol. The Hall–Kier alpha value is -1.30. The van der Waals surface area contributed by atoms with Crippen LogP contribution in [0.5, 0.6) is 0 Å². The van der Waals surface area contributed by atoms with Crippen LogP contribution in [0.3, 0.4) is 0 Å². The Balaban J connectivity index is 0.00000242. The standard InChI is InChI=1S/C15H19ClN2O3.ClH/c1-2-13(15(20)21)17-7-8-18(14(19)10-17)9-11-3-5-12(16)6-4-11;/h3-6,13H,2,7-10H2,1H3,(H,20,21);1H. The highest BCUT2D eigenvalue weighted by molar-refractivity contribution is 6.30. The van der Waals surface area contributed by atoms with Gasteiger partial charge in [-0.3, -0.25) is 14.5 Å². The van der Waals surface area contributed by atoms with Gasteiger partial charge in [0, 0.05) is 24.7 Å². The van der Waals surface area contributed by atoms with Crippen molar-refractivity contribution in [3.8, 4) is 0 Å².